The van der Waals surface area contributed by atoms with Crippen molar-refractivity contribution in [1.82, 2.24) is 0 Å². The first kappa shape index (κ1) is 27.5. The number of hydrogen-bond acceptors (Lipinski definition) is 4. The van der Waals surface area contributed by atoms with Crippen molar-refractivity contribution in [3.63, 3.8) is 0 Å². The highest BCUT2D eigenvalue weighted by molar-refractivity contribution is 8.00. The minimum absolute atomic E-state index is 0.0339. The molecule has 0 aliphatic carbocycles. The van der Waals surface area contributed by atoms with E-state index in [4.69, 9.17) is 23.8 Å². The summed E-state index contributed by atoms with van der Waals surface area (Å²) in [6, 6.07) is 17.1. The number of carbonyl (C=O) groups excluding carboxylic acids is 2. The van der Waals surface area contributed by atoms with Crippen molar-refractivity contribution in [2.45, 2.75) is 30.2 Å². The topological polar surface area (TPSA) is 70.2 Å². The molecule has 1 amide bonds. The minimum Gasteiger partial charge on any atom is -0.332 e. The van der Waals surface area contributed by atoms with Crippen LogP contribution in [0.25, 0.3) is 0 Å². The number of anilines is 3. The van der Waals surface area contributed by atoms with E-state index in [-0.39, 0.29) is 16.5 Å². The standard InChI is InChI=1S/C25H21ClF3N3O2S2/c1-14(33)16-6-9-18(10-7-16)30-24(35)31-19-4-3-5-20(13-19)36-15(2)23(34)32-22-11-8-17(26)12-21(22)25(27,28)29/h3-13,15H,1-2H3,(H,32,34)(H2,30,31,35). The fourth-order valence-electron chi connectivity index (χ4n) is 3.08. The number of thioether (sulfide) groups is 1. The fourth-order valence-corrected chi connectivity index (χ4v) is 4.42. The highest BCUT2D eigenvalue weighted by Crippen LogP contribution is 2.37. The zero-order valence-electron chi connectivity index (χ0n) is 19.1. The summed E-state index contributed by atoms with van der Waals surface area (Å²) in [6.45, 7) is 3.09. The van der Waals surface area contributed by atoms with E-state index in [0.717, 1.165) is 12.1 Å². The molecule has 1 unspecified atom stereocenters. The van der Waals surface area contributed by atoms with Crippen LogP contribution < -0.4 is 16.0 Å². The molecule has 5 nitrogen and oxygen atoms in total. The maximum atomic E-state index is 13.3. The first-order chi connectivity index (χ1) is 16.9. The third-order valence-electron chi connectivity index (χ3n) is 4.87. The van der Waals surface area contributed by atoms with Gasteiger partial charge in [-0.1, -0.05) is 17.7 Å². The molecule has 188 valence electrons. The maximum Gasteiger partial charge on any atom is 0.418 e. The number of ketones is 1. The molecule has 3 N–H and O–H groups in total. The SMILES string of the molecule is CC(=O)c1ccc(NC(=S)Nc2cccc(SC(C)C(=O)Nc3ccc(Cl)cc3C(F)(F)F)c2)cc1. The molecule has 11 heteroatoms. The Morgan fingerprint density at radius 1 is 0.944 bits per heavy atom. The Labute approximate surface area is 220 Å². The molecule has 3 aromatic carbocycles. The Kier molecular flexibility index (Phi) is 8.99. The molecule has 0 aliphatic heterocycles. The average Bonchev–Trinajstić information content (AvgIpc) is 2.80. The molecule has 3 rings (SSSR count). The van der Waals surface area contributed by atoms with E-state index in [1.54, 1.807) is 55.5 Å². The lowest BCUT2D eigenvalue weighted by atomic mass is 10.1. The van der Waals surface area contributed by atoms with Gasteiger partial charge >= 0.3 is 6.18 Å². The van der Waals surface area contributed by atoms with E-state index in [0.29, 0.717) is 26.9 Å². The summed E-state index contributed by atoms with van der Waals surface area (Å²) >= 11 is 12.2. The molecule has 0 saturated heterocycles. The summed E-state index contributed by atoms with van der Waals surface area (Å²) in [5.41, 5.74) is 0.584. The monoisotopic (exact) mass is 551 g/mol. The Balaban J connectivity index is 1.61. The average molecular weight is 552 g/mol. The summed E-state index contributed by atoms with van der Waals surface area (Å²) in [5.74, 6) is -0.620. The summed E-state index contributed by atoms with van der Waals surface area (Å²) in [7, 11) is 0. The number of amides is 1. The van der Waals surface area contributed by atoms with Gasteiger partial charge in [0.15, 0.2) is 10.9 Å². The second-order valence-corrected chi connectivity index (χ2v) is 9.94. The van der Waals surface area contributed by atoms with E-state index < -0.39 is 22.9 Å². The molecule has 0 spiro atoms. The van der Waals surface area contributed by atoms with Gasteiger partial charge in [-0.15, -0.1) is 11.8 Å². The number of thiocarbonyl (C=S) groups is 1. The van der Waals surface area contributed by atoms with Crippen LogP contribution in [0.4, 0.5) is 30.2 Å². The zero-order chi connectivity index (χ0) is 26.5. The predicted octanol–water partition coefficient (Wildman–Crippen LogP) is 7.49. The molecule has 0 fully saturated rings. The molecular formula is C25H21ClF3N3O2S2. The zero-order valence-corrected chi connectivity index (χ0v) is 21.5. The first-order valence-electron chi connectivity index (χ1n) is 10.6. The molecule has 0 aliphatic rings. The molecule has 0 radical (unpaired) electrons. The lowest BCUT2D eigenvalue weighted by molar-refractivity contribution is -0.137. The summed E-state index contributed by atoms with van der Waals surface area (Å²) in [4.78, 5) is 24.7. The minimum atomic E-state index is -4.66. The van der Waals surface area contributed by atoms with Crippen molar-refractivity contribution in [2.24, 2.45) is 0 Å². The molecule has 0 aromatic heterocycles. The van der Waals surface area contributed by atoms with Crippen molar-refractivity contribution < 1.29 is 22.8 Å². The first-order valence-corrected chi connectivity index (χ1v) is 12.2. The lowest BCUT2D eigenvalue weighted by Crippen LogP contribution is -2.24. The highest BCUT2D eigenvalue weighted by Gasteiger charge is 2.34. The van der Waals surface area contributed by atoms with E-state index >= 15 is 0 Å². The number of rotatable bonds is 7. The van der Waals surface area contributed by atoms with Gasteiger partial charge < -0.3 is 16.0 Å². The fraction of sp³-hybridized carbons (Fsp3) is 0.160. The quantitative estimate of drug-likeness (QED) is 0.160. The number of nitrogens with one attached hydrogen (secondary N) is 3. The molecule has 0 saturated carbocycles. The van der Waals surface area contributed by atoms with E-state index in [1.165, 1.54) is 24.8 Å². The third-order valence-corrected chi connectivity index (χ3v) is 6.40. The number of carbonyl (C=O) groups is 2. The maximum absolute atomic E-state index is 13.3. The number of Topliss-reactive ketones (excluding diaryl/α,β-unsaturated/α-hetero) is 1. The second-order valence-electron chi connectivity index (χ2n) is 7.68. The van der Waals surface area contributed by atoms with Gasteiger partial charge in [0.2, 0.25) is 5.91 Å². The number of hydrogen-bond donors (Lipinski definition) is 3. The molecular weight excluding hydrogens is 531 g/mol. The van der Waals surface area contributed by atoms with Gasteiger partial charge in [0.05, 0.1) is 16.5 Å². The van der Waals surface area contributed by atoms with Crippen LogP contribution in [0.3, 0.4) is 0 Å². The third kappa shape index (κ3) is 7.71. The van der Waals surface area contributed by atoms with Crippen molar-refractivity contribution >= 4 is 69.4 Å². The van der Waals surface area contributed by atoms with E-state index in [1.807, 2.05) is 0 Å². The number of benzene rings is 3. The van der Waals surface area contributed by atoms with Crippen LogP contribution in [0.2, 0.25) is 5.02 Å². The van der Waals surface area contributed by atoms with Crippen molar-refractivity contribution in [1.29, 1.82) is 0 Å². The van der Waals surface area contributed by atoms with Gasteiger partial charge in [0.1, 0.15) is 0 Å². The van der Waals surface area contributed by atoms with Gasteiger partial charge in [-0.05, 0) is 86.7 Å². The van der Waals surface area contributed by atoms with Crippen LogP contribution >= 0.6 is 35.6 Å². The smallest absolute Gasteiger partial charge is 0.332 e. The van der Waals surface area contributed by atoms with Crippen LogP contribution in [-0.2, 0) is 11.0 Å². The van der Waals surface area contributed by atoms with Crippen LogP contribution in [0.1, 0.15) is 29.8 Å². The number of halogens is 4. The van der Waals surface area contributed by atoms with Crippen LogP contribution in [0, 0.1) is 0 Å². The summed E-state index contributed by atoms with van der Waals surface area (Å²) in [6.07, 6.45) is -4.66. The van der Waals surface area contributed by atoms with E-state index in [2.05, 4.69) is 16.0 Å². The van der Waals surface area contributed by atoms with E-state index in [9.17, 15) is 22.8 Å². The van der Waals surface area contributed by atoms with Crippen molar-refractivity contribution in [3.05, 3.63) is 82.9 Å². The molecule has 3 aromatic rings. The second kappa shape index (κ2) is 11.8. The van der Waals surface area contributed by atoms with Crippen LogP contribution in [0.15, 0.2) is 71.6 Å². The molecule has 0 bridgehead atoms. The largest absolute Gasteiger partial charge is 0.418 e. The molecule has 0 heterocycles. The lowest BCUT2D eigenvalue weighted by Gasteiger charge is -2.17. The van der Waals surface area contributed by atoms with Gasteiger partial charge in [-0.3, -0.25) is 9.59 Å². The number of alkyl halides is 3. The Morgan fingerprint density at radius 3 is 2.25 bits per heavy atom. The summed E-state index contributed by atoms with van der Waals surface area (Å²) in [5, 5.41) is 7.96. The molecule has 1 atom stereocenters. The predicted molar refractivity (Wildman–Crippen MR) is 143 cm³/mol. The van der Waals surface area contributed by atoms with Gasteiger partial charge in [-0.25, -0.2) is 0 Å². The summed E-state index contributed by atoms with van der Waals surface area (Å²) < 4.78 is 39.9. The molecule has 36 heavy (non-hydrogen) atoms. The highest BCUT2D eigenvalue weighted by atomic mass is 35.5. The normalized spacial score (nSPS) is 11.9. The van der Waals surface area contributed by atoms with Crippen molar-refractivity contribution in [2.75, 3.05) is 16.0 Å². The van der Waals surface area contributed by atoms with Gasteiger partial charge in [-0.2, -0.15) is 13.2 Å². The van der Waals surface area contributed by atoms with Gasteiger partial charge in [0.25, 0.3) is 0 Å². The Bertz CT molecular complexity index is 1280. The van der Waals surface area contributed by atoms with Crippen LogP contribution in [0.5, 0.6) is 0 Å². The van der Waals surface area contributed by atoms with Crippen LogP contribution in [-0.4, -0.2) is 22.1 Å². The van der Waals surface area contributed by atoms with Crippen molar-refractivity contribution in [3.8, 4) is 0 Å². The Morgan fingerprint density at radius 2 is 1.61 bits per heavy atom. The Hall–Kier alpha value is -3.08. The van der Waals surface area contributed by atoms with Gasteiger partial charge in [0, 0.05) is 26.9 Å².